The predicted molar refractivity (Wildman–Crippen MR) is 140 cm³/mol. The molecule has 0 saturated heterocycles. The van der Waals surface area contributed by atoms with Gasteiger partial charge in [-0.15, -0.1) is 0 Å². The minimum atomic E-state index is -1.09. The molecule has 1 heterocycles. The summed E-state index contributed by atoms with van der Waals surface area (Å²) < 4.78 is 22.1. The molecule has 0 unspecified atom stereocenters. The number of ether oxygens (including phenoxy) is 1. The molecule has 0 bridgehead atoms. The Morgan fingerprint density at radius 1 is 1.25 bits per heavy atom. The van der Waals surface area contributed by atoms with Crippen molar-refractivity contribution in [2.45, 2.75) is 33.4 Å². The number of amides is 1. The first kappa shape index (κ1) is 27.5. The minimum absolute atomic E-state index is 0.0444. The molecule has 0 fully saturated rings. The fourth-order valence-corrected chi connectivity index (χ4v) is 4.56. The van der Waals surface area contributed by atoms with E-state index in [2.05, 4.69) is 22.9 Å². The molecule has 2 aromatic carbocycles. The molecule has 7 nitrogen and oxygen atoms in total. The highest BCUT2D eigenvalue weighted by Crippen LogP contribution is 2.28. The number of nitrogens with zero attached hydrogens (tertiary/aromatic N) is 2. The lowest BCUT2D eigenvalue weighted by Crippen LogP contribution is -2.33. The smallest absolute Gasteiger partial charge is 0.336 e. The molecule has 0 radical (unpaired) electrons. The zero-order valence-corrected chi connectivity index (χ0v) is 21.9. The van der Waals surface area contributed by atoms with Gasteiger partial charge >= 0.3 is 5.97 Å². The molecule has 1 atom stereocenters. The molecule has 1 aromatic heterocycles. The Morgan fingerprint density at radius 2 is 1.97 bits per heavy atom. The second kappa shape index (κ2) is 12.3. The molecule has 3 rings (SSSR count). The Morgan fingerprint density at radius 3 is 2.58 bits per heavy atom. The average Bonchev–Trinajstić information content (AvgIpc) is 3.15. The molecule has 0 spiro atoms. The van der Waals surface area contributed by atoms with E-state index in [1.165, 1.54) is 19.2 Å². The van der Waals surface area contributed by atoms with E-state index in [9.17, 15) is 14.7 Å². The number of nitrogens with one attached hydrogen (secondary N) is 1. The van der Waals surface area contributed by atoms with Crippen molar-refractivity contribution in [1.82, 2.24) is 14.9 Å². The van der Waals surface area contributed by atoms with Gasteiger partial charge in [-0.1, -0.05) is 55.8 Å². The molecule has 2 N–H and O–H groups in total. The molecular weight excluding hydrogens is 505 g/mol. The van der Waals surface area contributed by atoms with E-state index in [1.807, 2.05) is 13.8 Å². The zero-order valence-electron chi connectivity index (χ0n) is 20.3. The lowest BCUT2D eigenvalue weighted by molar-refractivity contribution is -0.124. The van der Waals surface area contributed by atoms with Crippen molar-refractivity contribution in [3.63, 3.8) is 0 Å². The summed E-state index contributed by atoms with van der Waals surface area (Å²) in [7, 11) is 1.43. The number of hydrogen-bond donors (Lipinski definition) is 3. The zero-order chi connectivity index (χ0) is 26.4. The average molecular weight is 534 g/mol. The lowest BCUT2D eigenvalue weighted by atomic mass is 9.98. The second-order valence-corrected chi connectivity index (χ2v) is 9.53. The van der Waals surface area contributed by atoms with Crippen LogP contribution in [0.2, 0.25) is 5.15 Å². The molecule has 0 saturated carbocycles. The van der Waals surface area contributed by atoms with Crippen molar-refractivity contribution in [2.75, 3.05) is 12.9 Å². The Labute approximate surface area is 220 Å². The number of halogens is 2. The van der Waals surface area contributed by atoms with Gasteiger partial charge in [0.25, 0.3) is 6.01 Å². The summed E-state index contributed by atoms with van der Waals surface area (Å²) in [4.78, 5) is 28.4. The van der Waals surface area contributed by atoms with E-state index < -0.39 is 11.8 Å². The van der Waals surface area contributed by atoms with Crippen LogP contribution in [0, 0.1) is 17.7 Å². The van der Waals surface area contributed by atoms with Crippen LogP contribution < -0.4 is 10.1 Å². The number of carboxylic acid groups (broad SMARTS) is 1. The third-order valence-corrected chi connectivity index (χ3v) is 6.54. The Kier molecular flexibility index (Phi) is 9.39. The number of rotatable bonds is 11. The van der Waals surface area contributed by atoms with Crippen LogP contribution in [-0.4, -0.2) is 39.4 Å². The van der Waals surface area contributed by atoms with Gasteiger partial charge < -0.3 is 15.2 Å². The quantitative estimate of drug-likeness (QED) is 0.291. The van der Waals surface area contributed by atoms with Crippen LogP contribution in [0.25, 0.3) is 11.1 Å². The highest BCUT2D eigenvalue weighted by Gasteiger charge is 2.22. The van der Waals surface area contributed by atoms with Gasteiger partial charge in [0.15, 0.2) is 5.15 Å². The van der Waals surface area contributed by atoms with Crippen LogP contribution in [0.4, 0.5) is 4.39 Å². The van der Waals surface area contributed by atoms with Crippen LogP contribution in [0.3, 0.4) is 0 Å². The maximum Gasteiger partial charge on any atom is 0.336 e. The number of aromatic carboxylic acids is 1. The highest BCUT2D eigenvalue weighted by atomic mass is 35.5. The van der Waals surface area contributed by atoms with Gasteiger partial charge in [0, 0.05) is 17.2 Å². The molecular formula is C26H29ClFN3O4S. The van der Waals surface area contributed by atoms with Crippen LogP contribution in [0.15, 0.2) is 42.5 Å². The fourth-order valence-electron chi connectivity index (χ4n) is 4.01. The van der Waals surface area contributed by atoms with E-state index in [0.717, 1.165) is 0 Å². The number of hydrogen-bond acceptors (Lipinski definition) is 5. The number of carboxylic acids is 1. The number of aromatic nitrogens is 2. The molecule has 192 valence electrons. The van der Waals surface area contributed by atoms with Crippen molar-refractivity contribution in [1.29, 1.82) is 0 Å². The highest BCUT2D eigenvalue weighted by molar-refractivity contribution is 7.80. The number of methoxy groups -OCH3 is 1. The Balaban J connectivity index is 1.86. The third kappa shape index (κ3) is 6.39. The number of benzene rings is 2. The monoisotopic (exact) mass is 533 g/mol. The molecule has 0 aliphatic heterocycles. The third-order valence-electron chi connectivity index (χ3n) is 5.80. The largest absolute Gasteiger partial charge is 0.478 e. The maximum atomic E-state index is 15.2. The topological polar surface area (TPSA) is 93.5 Å². The number of carbonyl (C=O) groups excluding carboxylic acids is 1. The summed E-state index contributed by atoms with van der Waals surface area (Å²) in [5.74, 6) is -1.24. The van der Waals surface area contributed by atoms with Crippen LogP contribution >= 0.6 is 24.2 Å². The number of thiol groups is 1. The summed E-state index contributed by atoms with van der Waals surface area (Å²) in [6.07, 6.45) is 0.703. The Hall–Kier alpha value is -3.04. The van der Waals surface area contributed by atoms with Crippen LogP contribution in [0.1, 0.15) is 41.9 Å². The van der Waals surface area contributed by atoms with Crippen LogP contribution in [-0.2, 0) is 17.9 Å². The van der Waals surface area contributed by atoms with E-state index in [-0.39, 0.29) is 41.6 Å². The molecule has 10 heteroatoms. The van der Waals surface area contributed by atoms with E-state index in [4.69, 9.17) is 16.3 Å². The molecule has 3 aromatic rings. The van der Waals surface area contributed by atoms with Gasteiger partial charge in [-0.2, -0.15) is 17.6 Å². The van der Waals surface area contributed by atoms with Crippen molar-refractivity contribution >= 4 is 36.1 Å². The fraction of sp³-hybridized carbons (Fsp3) is 0.346. The van der Waals surface area contributed by atoms with Crippen molar-refractivity contribution in [2.24, 2.45) is 11.8 Å². The standard InChI is InChI=1S/C26H29ClFN3O4S/c1-15(2)10-18(14-36)24(32)29-12-22-23(27)30-26(35-3)31(22)13-17-9-8-16(11-21(17)28)19-6-4-5-7-20(19)25(33)34/h4-9,11,15,18,36H,10,12-14H2,1-3H3,(H,29,32)(H,33,34)/t18-/m1/s1. The Bertz CT molecular complexity index is 1250. The normalized spacial score (nSPS) is 12.0. The van der Waals surface area contributed by atoms with Crippen molar-refractivity contribution in [3.8, 4) is 17.1 Å². The summed E-state index contributed by atoms with van der Waals surface area (Å²) in [5, 5.41) is 12.5. The first-order valence-corrected chi connectivity index (χ1v) is 12.5. The molecule has 0 aliphatic rings. The minimum Gasteiger partial charge on any atom is -0.478 e. The number of carbonyl (C=O) groups is 2. The predicted octanol–water partition coefficient (Wildman–Crippen LogP) is 5.31. The first-order valence-electron chi connectivity index (χ1n) is 11.4. The van der Waals surface area contributed by atoms with E-state index >= 15 is 4.39 Å². The van der Waals surface area contributed by atoms with Crippen molar-refractivity contribution in [3.05, 3.63) is 70.3 Å². The molecule has 36 heavy (non-hydrogen) atoms. The summed E-state index contributed by atoms with van der Waals surface area (Å²) in [5.41, 5.74) is 1.74. The summed E-state index contributed by atoms with van der Waals surface area (Å²) >= 11 is 10.6. The van der Waals surface area contributed by atoms with Gasteiger partial charge in [0.2, 0.25) is 5.91 Å². The van der Waals surface area contributed by atoms with E-state index in [0.29, 0.717) is 40.5 Å². The summed E-state index contributed by atoms with van der Waals surface area (Å²) in [6.45, 7) is 4.21. The van der Waals surface area contributed by atoms with Crippen LogP contribution in [0.5, 0.6) is 6.01 Å². The number of imidazole rings is 1. The van der Waals surface area contributed by atoms with Gasteiger partial charge in [-0.25, -0.2) is 9.18 Å². The SMILES string of the molecule is COc1nc(Cl)c(CNC(=O)[C@@H](CS)CC(C)C)n1Cc1ccc(-c2ccccc2C(=O)O)cc1F. The maximum absolute atomic E-state index is 15.2. The van der Waals surface area contributed by atoms with Gasteiger partial charge in [0.05, 0.1) is 31.5 Å². The lowest BCUT2D eigenvalue weighted by Gasteiger charge is -2.17. The first-order chi connectivity index (χ1) is 17.2. The van der Waals surface area contributed by atoms with Gasteiger partial charge in [-0.3, -0.25) is 9.36 Å². The molecule has 1 amide bonds. The van der Waals surface area contributed by atoms with Gasteiger partial charge in [0.1, 0.15) is 5.82 Å². The van der Waals surface area contributed by atoms with Crippen molar-refractivity contribution < 1.29 is 23.8 Å². The molecule has 0 aliphatic carbocycles. The summed E-state index contributed by atoms with van der Waals surface area (Å²) in [6, 6.07) is 11.1. The van der Waals surface area contributed by atoms with E-state index in [1.54, 1.807) is 34.9 Å². The second-order valence-electron chi connectivity index (χ2n) is 8.81. The van der Waals surface area contributed by atoms with Gasteiger partial charge in [-0.05, 0) is 35.6 Å².